The number of hydrogen-bond donors (Lipinski definition) is 1. The van der Waals surface area contributed by atoms with Gasteiger partial charge in [-0.1, -0.05) is 18.7 Å². The number of aryl methyl sites for hydroxylation is 2. The van der Waals surface area contributed by atoms with Crippen LogP contribution in [0.4, 0.5) is 0 Å². The number of carboxylic acids is 1. The zero-order valence-electron chi connectivity index (χ0n) is 10.5. The fraction of sp³-hybridized carbons (Fsp3) is 0.455. The molecule has 8 heteroatoms. The number of aliphatic carboxylic acids is 1. The normalized spacial score (nSPS) is 10.8. The van der Waals surface area contributed by atoms with Crippen LogP contribution in [0.25, 0.3) is 0 Å². The van der Waals surface area contributed by atoms with Crippen molar-refractivity contribution in [3.63, 3.8) is 0 Å². The molecule has 0 bridgehead atoms. The molecule has 0 aliphatic heterocycles. The molecule has 1 N–H and O–H groups in total. The molecule has 102 valence electrons. The van der Waals surface area contributed by atoms with E-state index in [9.17, 15) is 4.79 Å². The molecule has 2 rings (SSSR count). The van der Waals surface area contributed by atoms with Crippen molar-refractivity contribution in [2.24, 2.45) is 0 Å². The number of thioether (sulfide) groups is 1. The summed E-state index contributed by atoms with van der Waals surface area (Å²) in [5.74, 6) is 0.895. The Balaban J connectivity index is 1.97. The monoisotopic (exact) mass is 299 g/mol. The Bertz CT molecular complexity index is 580. The summed E-state index contributed by atoms with van der Waals surface area (Å²) >= 11 is 2.88. The van der Waals surface area contributed by atoms with Gasteiger partial charge >= 0.3 is 5.97 Å². The van der Waals surface area contributed by atoms with Crippen LogP contribution in [0.15, 0.2) is 8.76 Å². The van der Waals surface area contributed by atoms with Crippen molar-refractivity contribution >= 4 is 29.1 Å². The highest BCUT2D eigenvalue weighted by Gasteiger charge is 2.12. The predicted molar refractivity (Wildman–Crippen MR) is 71.4 cm³/mol. The summed E-state index contributed by atoms with van der Waals surface area (Å²) in [5, 5.41) is 16.6. The van der Waals surface area contributed by atoms with Gasteiger partial charge < -0.3 is 9.52 Å². The minimum absolute atomic E-state index is 0.0185. The molecule has 0 aliphatic carbocycles. The third-order valence-electron chi connectivity index (χ3n) is 2.32. The topological polar surface area (TPSA) is 89.1 Å². The Labute approximate surface area is 118 Å². The zero-order chi connectivity index (χ0) is 13.8. The second kappa shape index (κ2) is 6.16. The Hall–Kier alpha value is -1.41. The minimum atomic E-state index is -0.840. The molecule has 0 aromatic carbocycles. The summed E-state index contributed by atoms with van der Waals surface area (Å²) in [4.78, 5) is 15.8. The van der Waals surface area contributed by atoms with Gasteiger partial charge in [0, 0.05) is 11.3 Å². The number of carbonyl (C=O) groups is 1. The average Bonchev–Trinajstić information content (AvgIpc) is 2.94. The molecule has 6 nitrogen and oxygen atoms in total. The van der Waals surface area contributed by atoms with E-state index < -0.39 is 5.97 Å². The highest BCUT2D eigenvalue weighted by atomic mass is 32.2. The number of carboxylic acid groups (broad SMARTS) is 1. The molecule has 0 spiro atoms. The second-order valence-corrected chi connectivity index (χ2v) is 6.10. The number of hydrogen-bond acceptors (Lipinski definition) is 7. The summed E-state index contributed by atoms with van der Waals surface area (Å²) in [6.45, 7) is 3.77. The van der Waals surface area contributed by atoms with E-state index in [0.29, 0.717) is 17.5 Å². The molecule has 2 aromatic heterocycles. The SMILES string of the molecule is CCc1nnc(CSc2nc(C)c(CC(=O)O)s2)o1. The Morgan fingerprint density at radius 2 is 2.16 bits per heavy atom. The van der Waals surface area contributed by atoms with Gasteiger partial charge in [0.25, 0.3) is 0 Å². The van der Waals surface area contributed by atoms with Crippen LogP contribution in [0.1, 0.15) is 29.3 Å². The van der Waals surface area contributed by atoms with Crippen molar-refractivity contribution in [3.05, 3.63) is 22.4 Å². The molecule has 2 aromatic rings. The van der Waals surface area contributed by atoms with Crippen LogP contribution in [0, 0.1) is 6.92 Å². The molecule has 0 saturated heterocycles. The first-order valence-corrected chi connectivity index (χ1v) is 7.50. The van der Waals surface area contributed by atoms with E-state index in [2.05, 4.69) is 15.2 Å². The first-order valence-electron chi connectivity index (χ1n) is 5.70. The molecule has 0 fully saturated rings. The van der Waals surface area contributed by atoms with Gasteiger partial charge in [0.2, 0.25) is 11.8 Å². The lowest BCUT2D eigenvalue weighted by Gasteiger charge is -1.91. The standard InChI is InChI=1S/C11H13N3O3S2/c1-3-8-13-14-9(17-8)5-18-11-12-6(2)7(19-11)4-10(15)16/h3-5H2,1-2H3,(H,15,16). The van der Waals surface area contributed by atoms with E-state index >= 15 is 0 Å². The lowest BCUT2D eigenvalue weighted by molar-refractivity contribution is -0.136. The van der Waals surface area contributed by atoms with Crippen molar-refractivity contribution in [2.75, 3.05) is 0 Å². The van der Waals surface area contributed by atoms with E-state index in [1.54, 1.807) is 0 Å². The third-order valence-corrected chi connectivity index (χ3v) is 4.60. The lowest BCUT2D eigenvalue weighted by atomic mass is 10.3. The molecule has 0 saturated carbocycles. The summed E-state index contributed by atoms with van der Waals surface area (Å²) in [6, 6.07) is 0. The highest BCUT2D eigenvalue weighted by molar-refractivity contribution is 8.00. The molecular weight excluding hydrogens is 286 g/mol. The van der Waals surface area contributed by atoms with E-state index in [1.165, 1.54) is 23.1 Å². The summed E-state index contributed by atoms with van der Waals surface area (Å²) in [5.41, 5.74) is 0.773. The maximum atomic E-state index is 10.7. The summed E-state index contributed by atoms with van der Waals surface area (Å²) in [6.07, 6.45) is 0.737. The van der Waals surface area contributed by atoms with Gasteiger partial charge in [-0.2, -0.15) is 0 Å². The molecule has 0 aliphatic rings. The van der Waals surface area contributed by atoms with Crippen LogP contribution in [-0.4, -0.2) is 26.3 Å². The van der Waals surface area contributed by atoms with Crippen molar-refractivity contribution in [1.29, 1.82) is 0 Å². The van der Waals surface area contributed by atoms with Crippen molar-refractivity contribution in [3.8, 4) is 0 Å². The lowest BCUT2D eigenvalue weighted by Crippen LogP contribution is -1.99. The molecule has 0 amide bonds. The fourth-order valence-electron chi connectivity index (χ4n) is 1.38. The van der Waals surface area contributed by atoms with Gasteiger partial charge in [0.05, 0.1) is 17.9 Å². The van der Waals surface area contributed by atoms with Gasteiger partial charge in [-0.15, -0.1) is 21.5 Å². The minimum Gasteiger partial charge on any atom is -0.481 e. The molecule has 0 unspecified atom stereocenters. The van der Waals surface area contributed by atoms with Gasteiger partial charge in [-0.3, -0.25) is 4.79 Å². The van der Waals surface area contributed by atoms with E-state index in [4.69, 9.17) is 9.52 Å². The van der Waals surface area contributed by atoms with Crippen LogP contribution in [-0.2, 0) is 23.4 Å². The van der Waals surface area contributed by atoms with Gasteiger partial charge in [0.1, 0.15) is 0 Å². The van der Waals surface area contributed by atoms with Crippen LogP contribution >= 0.6 is 23.1 Å². The first-order chi connectivity index (χ1) is 9.08. The molecule has 0 radical (unpaired) electrons. The van der Waals surface area contributed by atoms with Crippen LogP contribution in [0.2, 0.25) is 0 Å². The quantitative estimate of drug-likeness (QED) is 0.819. The van der Waals surface area contributed by atoms with E-state index in [1.807, 2.05) is 13.8 Å². The summed E-state index contributed by atoms with van der Waals surface area (Å²) < 4.78 is 6.22. The van der Waals surface area contributed by atoms with Gasteiger partial charge in [0.15, 0.2) is 4.34 Å². The number of aromatic nitrogens is 3. The Kier molecular flexibility index (Phi) is 4.54. The third kappa shape index (κ3) is 3.77. The van der Waals surface area contributed by atoms with Crippen molar-refractivity contribution in [1.82, 2.24) is 15.2 Å². The predicted octanol–water partition coefficient (Wildman–Crippen LogP) is 2.32. The fourth-order valence-corrected chi connectivity index (χ4v) is 3.44. The molecule has 19 heavy (non-hydrogen) atoms. The van der Waals surface area contributed by atoms with Crippen molar-refractivity contribution in [2.45, 2.75) is 36.8 Å². The average molecular weight is 299 g/mol. The Morgan fingerprint density at radius 3 is 2.79 bits per heavy atom. The second-order valence-electron chi connectivity index (χ2n) is 3.79. The largest absolute Gasteiger partial charge is 0.481 e. The maximum absolute atomic E-state index is 10.7. The van der Waals surface area contributed by atoms with Crippen molar-refractivity contribution < 1.29 is 14.3 Å². The smallest absolute Gasteiger partial charge is 0.308 e. The van der Waals surface area contributed by atoms with Crippen LogP contribution < -0.4 is 0 Å². The van der Waals surface area contributed by atoms with Crippen LogP contribution in [0.5, 0.6) is 0 Å². The molecule has 0 atom stereocenters. The molecular formula is C11H13N3O3S2. The van der Waals surface area contributed by atoms with Gasteiger partial charge in [-0.25, -0.2) is 4.98 Å². The maximum Gasteiger partial charge on any atom is 0.308 e. The number of nitrogens with zero attached hydrogens (tertiary/aromatic N) is 3. The highest BCUT2D eigenvalue weighted by Crippen LogP contribution is 2.29. The van der Waals surface area contributed by atoms with Crippen LogP contribution in [0.3, 0.4) is 0 Å². The summed E-state index contributed by atoms with van der Waals surface area (Å²) in [7, 11) is 0. The number of rotatable bonds is 6. The first kappa shape index (κ1) is 14.0. The van der Waals surface area contributed by atoms with E-state index in [-0.39, 0.29) is 6.42 Å². The molecule has 2 heterocycles. The van der Waals surface area contributed by atoms with E-state index in [0.717, 1.165) is 21.3 Å². The Morgan fingerprint density at radius 1 is 1.42 bits per heavy atom. The zero-order valence-corrected chi connectivity index (χ0v) is 12.2. The number of thiazole rings is 1. The van der Waals surface area contributed by atoms with Gasteiger partial charge in [-0.05, 0) is 6.92 Å².